The van der Waals surface area contributed by atoms with E-state index in [-0.39, 0.29) is 6.61 Å². The minimum Gasteiger partial charge on any atom is -0.376 e. The van der Waals surface area contributed by atoms with Crippen LogP contribution in [0.25, 0.3) is 0 Å². The smallest absolute Gasteiger partial charge is 0.376 e. The topological polar surface area (TPSA) is 102 Å². The van der Waals surface area contributed by atoms with Gasteiger partial charge in [-0.1, -0.05) is 41.7 Å². The highest BCUT2D eigenvalue weighted by Crippen LogP contribution is 2.37. The van der Waals surface area contributed by atoms with Crippen LogP contribution in [0.1, 0.15) is 40.6 Å². The van der Waals surface area contributed by atoms with Crippen LogP contribution in [-0.4, -0.2) is 28.5 Å². The average molecular weight is 437 g/mol. The predicted octanol–water partition coefficient (Wildman–Crippen LogP) is 3.77. The molecular formula is C21H28NO5PS. The number of phosphoric ester groups is 1. The molecule has 0 amide bonds. The molecule has 0 aliphatic heterocycles. The fraction of sp³-hybridized carbons (Fsp3) is 0.429. The molecule has 158 valence electrons. The molecule has 0 saturated heterocycles. The van der Waals surface area contributed by atoms with Crippen molar-refractivity contribution in [1.82, 2.24) is 0 Å². The predicted molar refractivity (Wildman–Crippen MR) is 116 cm³/mol. The summed E-state index contributed by atoms with van der Waals surface area (Å²) in [6, 6.07) is 12.2. The average Bonchev–Trinajstić information content (AvgIpc) is 3.09. The molecule has 0 fully saturated rings. The van der Waals surface area contributed by atoms with Gasteiger partial charge in [-0.2, -0.15) is 0 Å². The van der Waals surface area contributed by atoms with E-state index in [0.717, 1.165) is 9.75 Å². The first-order valence-corrected chi connectivity index (χ1v) is 11.7. The molecule has 0 radical (unpaired) electrons. The fourth-order valence-corrected chi connectivity index (χ4v) is 3.90. The van der Waals surface area contributed by atoms with Gasteiger partial charge < -0.3 is 20.3 Å². The summed E-state index contributed by atoms with van der Waals surface area (Å²) in [4.78, 5) is 19.7. The molecule has 0 saturated carbocycles. The Labute approximate surface area is 176 Å². The van der Waals surface area contributed by atoms with Crippen molar-refractivity contribution in [2.24, 2.45) is 5.73 Å². The van der Waals surface area contributed by atoms with Crippen LogP contribution in [0, 0.1) is 18.8 Å². The summed E-state index contributed by atoms with van der Waals surface area (Å²) in [5.74, 6) is 6.27. The van der Waals surface area contributed by atoms with Gasteiger partial charge >= 0.3 is 7.82 Å². The highest BCUT2D eigenvalue weighted by Gasteiger charge is 2.24. The lowest BCUT2D eigenvalue weighted by atomic mass is 9.98. The Kier molecular flexibility index (Phi) is 9.06. The zero-order valence-corrected chi connectivity index (χ0v) is 18.5. The highest BCUT2D eigenvalue weighted by molar-refractivity contribution is 7.46. The van der Waals surface area contributed by atoms with Crippen LogP contribution in [0.5, 0.6) is 0 Å². The Morgan fingerprint density at radius 2 is 2.07 bits per heavy atom. The van der Waals surface area contributed by atoms with Gasteiger partial charge in [-0.15, -0.1) is 11.3 Å². The van der Waals surface area contributed by atoms with Crippen molar-refractivity contribution in [3.05, 3.63) is 57.3 Å². The quantitative estimate of drug-likeness (QED) is 0.297. The molecule has 0 spiro atoms. The fourth-order valence-electron chi connectivity index (χ4n) is 2.56. The lowest BCUT2D eigenvalue weighted by Crippen LogP contribution is -2.41. The van der Waals surface area contributed by atoms with E-state index in [1.807, 2.05) is 18.2 Å². The van der Waals surface area contributed by atoms with E-state index in [1.165, 1.54) is 11.1 Å². The second-order valence-corrected chi connectivity index (χ2v) is 9.69. The Morgan fingerprint density at radius 1 is 1.28 bits per heavy atom. The van der Waals surface area contributed by atoms with Crippen molar-refractivity contribution in [2.75, 3.05) is 13.2 Å². The van der Waals surface area contributed by atoms with Crippen LogP contribution in [0.4, 0.5) is 0 Å². The second-order valence-electron chi connectivity index (χ2n) is 7.28. The van der Waals surface area contributed by atoms with E-state index in [2.05, 4.69) is 41.5 Å². The normalized spacial score (nSPS) is 13.6. The number of ether oxygens (including phenoxy) is 1. The Balaban J connectivity index is 1.70. The van der Waals surface area contributed by atoms with E-state index in [1.54, 1.807) is 18.3 Å². The number of hydrogen-bond acceptors (Lipinski definition) is 5. The molecule has 0 aliphatic rings. The number of aryl methyl sites for hydroxylation is 2. The molecule has 6 nitrogen and oxygen atoms in total. The third-order valence-corrected chi connectivity index (χ3v) is 5.63. The van der Waals surface area contributed by atoms with Gasteiger partial charge in [0, 0.05) is 16.8 Å². The molecule has 2 aromatic rings. The van der Waals surface area contributed by atoms with Crippen LogP contribution < -0.4 is 5.73 Å². The van der Waals surface area contributed by atoms with Gasteiger partial charge in [0.15, 0.2) is 0 Å². The maximum atomic E-state index is 10.8. The molecule has 1 atom stereocenters. The Bertz CT molecular complexity index is 894. The van der Waals surface area contributed by atoms with Crippen molar-refractivity contribution >= 4 is 19.2 Å². The minimum absolute atomic E-state index is 0.197. The first-order chi connectivity index (χ1) is 13.6. The third-order valence-electron chi connectivity index (χ3n) is 4.10. The molecule has 1 unspecified atom stereocenters. The second kappa shape index (κ2) is 11.1. The van der Waals surface area contributed by atoms with E-state index in [4.69, 9.17) is 20.3 Å². The maximum absolute atomic E-state index is 10.8. The zero-order chi connectivity index (χ0) is 21.3. The molecule has 4 N–H and O–H groups in total. The van der Waals surface area contributed by atoms with Gasteiger partial charge in [0.2, 0.25) is 0 Å². The largest absolute Gasteiger partial charge is 0.469 e. The van der Waals surface area contributed by atoms with Crippen LogP contribution in [0.3, 0.4) is 0 Å². The van der Waals surface area contributed by atoms with Gasteiger partial charge in [-0.05, 0) is 44.4 Å². The summed E-state index contributed by atoms with van der Waals surface area (Å²) in [7, 11) is -4.50. The van der Waals surface area contributed by atoms with E-state index >= 15 is 0 Å². The summed E-state index contributed by atoms with van der Waals surface area (Å²) in [6.07, 6.45) is 1.91. The molecular weight excluding hydrogens is 409 g/mol. The van der Waals surface area contributed by atoms with Crippen molar-refractivity contribution in [3.8, 4) is 11.8 Å². The van der Waals surface area contributed by atoms with E-state index < -0.39 is 13.4 Å². The SMILES string of the molecule is Cc1cccc(COCCC#Cc2ccc(CCC(C)(N)COP(=O)(O)O)s2)c1. The van der Waals surface area contributed by atoms with Gasteiger partial charge in [0.25, 0.3) is 0 Å². The van der Waals surface area contributed by atoms with Gasteiger partial charge in [0.05, 0.1) is 24.7 Å². The molecule has 8 heteroatoms. The number of nitrogens with two attached hydrogens (primary N) is 1. The lowest BCUT2D eigenvalue weighted by molar-refractivity contribution is 0.126. The first-order valence-electron chi connectivity index (χ1n) is 9.33. The number of rotatable bonds is 10. The summed E-state index contributed by atoms with van der Waals surface area (Å²) in [5.41, 5.74) is 7.63. The summed E-state index contributed by atoms with van der Waals surface area (Å²) >= 11 is 1.60. The van der Waals surface area contributed by atoms with Crippen molar-refractivity contribution in [2.45, 2.75) is 45.3 Å². The highest BCUT2D eigenvalue weighted by atomic mass is 32.1. The van der Waals surface area contributed by atoms with Crippen molar-refractivity contribution in [1.29, 1.82) is 0 Å². The number of thiophene rings is 1. The Hall–Kier alpha value is -1.49. The molecule has 2 rings (SSSR count). The maximum Gasteiger partial charge on any atom is 0.469 e. The number of hydrogen-bond donors (Lipinski definition) is 3. The summed E-state index contributed by atoms with van der Waals surface area (Å²) in [5, 5.41) is 0. The molecule has 0 bridgehead atoms. The molecule has 1 aromatic carbocycles. The summed E-state index contributed by atoms with van der Waals surface area (Å²) < 4.78 is 21.0. The van der Waals surface area contributed by atoms with Crippen LogP contribution >= 0.6 is 19.2 Å². The zero-order valence-electron chi connectivity index (χ0n) is 16.8. The molecule has 29 heavy (non-hydrogen) atoms. The van der Waals surface area contributed by atoms with Crippen molar-refractivity contribution in [3.63, 3.8) is 0 Å². The molecule has 1 heterocycles. The van der Waals surface area contributed by atoms with Crippen LogP contribution in [0.2, 0.25) is 0 Å². The van der Waals surface area contributed by atoms with Gasteiger partial charge in [0.1, 0.15) is 0 Å². The standard InChI is InChI=1S/C21H28NO5PS/c1-17-6-5-7-18(14-17)15-26-13-4-3-8-19-9-10-20(29-19)11-12-21(2,22)16-27-28(23,24)25/h5-7,9-10,14H,4,11-13,15-16,22H2,1-2H3,(H2,23,24,25). The molecule has 0 aliphatic carbocycles. The van der Waals surface area contributed by atoms with E-state index in [0.29, 0.717) is 32.5 Å². The van der Waals surface area contributed by atoms with Crippen LogP contribution in [-0.2, 0) is 26.9 Å². The third kappa shape index (κ3) is 10.2. The first kappa shape index (κ1) is 23.8. The van der Waals surface area contributed by atoms with Gasteiger partial charge in [-0.3, -0.25) is 4.52 Å². The monoisotopic (exact) mass is 437 g/mol. The lowest BCUT2D eigenvalue weighted by Gasteiger charge is -2.24. The molecule has 1 aromatic heterocycles. The number of phosphoric acid groups is 1. The van der Waals surface area contributed by atoms with Gasteiger partial charge in [-0.25, -0.2) is 4.57 Å². The Morgan fingerprint density at radius 3 is 2.79 bits per heavy atom. The summed E-state index contributed by atoms with van der Waals surface area (Å²) in [6.45, 7) is 4.76. The van der Waals surface area contributed by atoms with E-state index in [9.17, 15) is 4.57 Å². The van der Waals surface area contributed by atoms with Crippen molar-refractivity contribution < 1.29 is 23.6 Å². The number of benzene rings is 1. The minimum atomic E-state index is -4.50. The van der Waals surface area contributed by atoms with Crippen LogP contribution in [0.15, 0.2) is 36.4 Å².